The third-order valence-corrected chi connectivity index (χ3v) is 6.48. The fourth-order valence-corrected chi connectivity index (χ4v) is 4.05. The van der Waals surface area contributed by atoms with Crippen LogP contribution in [0, 0.1) is 5.92 Å². The lowest BCUT2D eigenvalue weighted by atomic mass is 10.0. The number of carboxylic acids is 3. The molecule has 6 atom stereocenters. The lowest BCUT2D eigenvalue weighted by molar-refractivity contribution is -0.143. The molecule has 46 heavy (non-hydrogen) atoms. The van der Waals surface area contributed by atoms with Crippen molar-refractivity contribution in [3.63, 3.8) is 0 Å². The standard InChI is InChI=1S/C29H42N6O11/c1-14(2)10-21(29(45)46)35-28(44)19(11-17-8-6-5-7-9-17)33-25(41)16(4)31-24(40)15(3)32-27(43)20(13-23(38)39)34-26(42)18(30)12-22(36)37/h5-9,14-16,18-21H,10-13,30H2,1-4H3,(H,31,40)(H,32,43)(H,33,41)(H,34,42)(H,35,44)(H,36,37)(H,38,39)(H,45,46)/t15-,16-,18-,19-,20-,21-/m0/s1. The molecule has 17 nitrogen and oxygen atoms in total. The molecule has 0 radical (unpaired) electrons. The minimum Gasteiger partial charge on any atom is -0.481 e. The maximum Gasteiger partial charge on any atom is 0.326 e. The third-order valence-electron chi connectivity index (χ3n) is 6.48. The number of aliphatic carboxylic acids is 3. The minimum atomic E-state index is -1.71. The van der Waals surface area contributed by atoms with Crippen LogP contribution in [-0.4, -0.2) is 99.0 Å². The van der Waals surface area contributed by atoms with Crippen LogP contribution in [-0.2, 0) is 44.8 Å². The number of carbonyl (C=O) groups excluding carboxylic acids is 5. The van der Waals surface area contributed by atoms with E-state index in [1.54, 1.807) is 44.2 Å². The van der Waals surface area contributed by atoms with Crippen LogP contribution in [0.15, 0.2) is 30.3 Å². The van der Waals surface area contributed by atoms with Crippen molar-refractivity contribution in [2.24, 2.45) is 11.7 Å². The molecule has 5 amide bonds. The maximum absolute atomic E-state index is 13.1. The van der Waals surface area contributed by atoms with Gasteiger partial charge in [0.05, 0.1) is 18.9 Å². The van der Waals surface area contributed by atoms with Gasteiger partial charge in [-0.1, -0.05) is 44.2 Å². The second kappa shape index (κ2) is 18.7. The quantitative estimate of drug-likeness (QED) is 0.0794. The molecule has 1 rings (SSSR count). The van der Waals surface area contributed by atoms with Gasteiger partial charge >= 0.3 is 17.9 Å². The maximum atomic E-state index is 13.1. The van der Waals surface area contributed by atoms with Gasteiger partial charge in [-0.05, 0) is 31.7 Å². The van der Waals surface area contributed by atoms with Gasteiger partial charge in [-0.25, -0.2) is 4.79 Å². The normalized spacial score (nSPS) is 14.7. The van der Waals surface area contributed by atoms with E-state index in [1.165, 1.54) is 13.8 Å². The molecule has 0 bridgehead atoms. The molecule has 10 N–H and O–H groups in total. The third kappa shape index (κ3) is 14.1. The van der Waals surface area contributed by atoms with Gasteiger partial charge in [-0.2, -0.15) is 0 Å². The number of benzene rings is 1. The Hall–Kier alpha value is -5.06. The van der Waals surface area contributed by atoms with E-state index in [4.69, 9.17) is 15.9 Å². The molecule has 1 aromatic rings. The van der Waals surface area contributed by atoms with E-state index in [-0.39, 0.29) is 18.8 Å². The van der Waals surface area contributed by atoms with Gasteiger partial charge in [0.2, 0.25) is 29.5 Å². The predicted octanol–water partition coefficient (Wildman–Crippen LogP) is -1.90. The molecule has 17 heteroatoms. The summed E-state index contributed by atoms with van der Waals surface area (Å²) in [5, 5.41) is 39.1. The topological polar surface area (TPSA) is 283 Å². The summed E-state index contributed by atoms with van der Waals surface area (Å²) in [4.78, 5) is 97.5. The van der Waals surface area contributed by atoms with Crippen LogP contribution in [0.1, 0.15) is 52.5 Å². The molecule has 1 aromatic carbocycles. The van der Waals surface area contributed by atoms with Gasteiger partial charge in [0, 0.05) is 6.42 Å². The molecule has 0 saturated carbocycles. The fraction of sp³-hybridized carbons (Fsp3) is 0.517. The highest BCUT2D eigenvalue weighted by Crippen LogP contribution is 2.08. The lowest BCUT2D eigenvalue weighted by Gasteiger charge is -2.25. The number of rotatable bonds is 19. The van der Waals surface area contributed by atoms with Crippen LogP contribution in [0.4, 0.5) is 0 Å². The van der Waals surface area contributed by atoms with Crippen molar-refractivity contribution in [2.75, 3.05) is 0 Å². The van der Waals surface area contributed by atoms with Crippen molar-refractivity contribution < 1.29 is 53.7 Å². The molecule has 0 fully saturated rings. The van der Waals surface area contributed by atoms with Crippen molar-refractivity contribution in [3.8, 4) is 0 Å². The molecule has 0 aromatic heterocycles. The van der Waals surface area contributed by atoms with E-state index < -0.39 is 96.5 Å². The van der Waals surface area contributed by atoms with E-state index >= 15 is 0 Å². The second-order valence-corrected chi connectivity index (χ2v) is 11.1. The van der Waals surface area contributed by atoms with E-state index in [2.05, 4.69) is 21.3 Å². The largest absolute Gasteiger partial charge is 0.481 e. The zero-order valence-electron chi connectivity index (χ0n) is 25.9. The van der Waals surface area contributed by atoms with Gasteiger partial charge in [0.15, 0.2) is 0 Å². The van der Waals surface area contributed by atoms with Crippen molar-refractivity contribution in [2.45, 2.75) is 89.6 Å². The number of hydrogen-bond donors (Lipinski definition) is 9. The Bertz CT molecular complexity index is 1270. The van der Waals surface area contributed by atoms with Crippen molar-refractivity contribution in [1.29, 1.82) is 0 Å². The highest BCUT2D eigenvalue weighted by molar-refractivity contribution is 5.97. The van der Waals surface area contributed by atoms with Gasteiger partial charge in [0.25, 0.3) is 0 Å². The number of hydrogen-bond acceptors (Lipinski definition) is 9. The van der Waals surface area contributed by atoms with Crippen LogP contribution in [0.2, 0.25) is 0 Å². The van der Waals surface area contributed by atoms with Crippen molar-refractivity contribution >= 4 is 47.4 Å². The Labute approximate surface area is 265 Å². The number of carbonyl (C=O) groups is 8. The molecule has 0 aliphatic carbocycles. The lowest BCUT2D eigenvalue weighted by Crippen LogP contribution is -2.58. The molecular formula is C29H42N6O11. The minimum absolute atomic E-state index is 0.00631. The summed E-state index contributed by atoms with van der Waals surface area (Å²) >= 11 is 0. The monoisotopic (exact) mass is 650 g/mol. The van der Waals surface area contributed by atoms with Crippen LogP contribution in [0.3, 0.4) is 0 Å². The highest BCUT2D eigenvalue weighted by atomic mass is 16.4. The summed E-state index contributed by atoms with van der Waals surface area (Å²) < 4.78 is 0. The first-order chi connectivity index (χ1) is 21.4. The molecule has 0 unspecified atom stereocenters. The Morgan fingerprint density at radius 3 is 1.57 bits per heavy atom. The van der Waals surface area contributed by atoms with Crippen LogP contribution < -0.4 is 32.3 Å². The molecule has 0 aliphatic rings. The summed E-state index contributed by atoms with van der Waals surface area (Å²) in [7, 11) is 0. The SMILES string of the molecule is CC(C)C[C@H](NC(=O)[C@H](Cc1ccccc1)NC(=O)[C@H](C)NC(=O)[C@H](C)NC(=O)[C@H](CC(=O)O)NC(=O)[C@@H](N)CC(=O)O)C(=O)O. The molecular weight excluding hydrogens is 608 g/mol. The van der Waals surface area contributed by atoms with E-state index in [0.29, 0.717) is 5.56 Å². The predicted molar refractivity (Wildman–Crippen MR) is 161 cm³/mol. The smallest absolute Gasteiger partial charge is 0.326 e. The first-order valence-electron chi connectivity index (χ1n) is 14.4. The summed E-state index contributed by atoms with van der Waals surface area (Å²) in [6.45, 7) is 6.11. The number of nitrogens with one attached hydrogen (secondary N) is 5. The van der Waals surface area contributed by atoms with Gasteiger partial charge in [-0.3, -0.25) is 33.6 Å². The fourth-order valence-electron chi connectivity index (χ4n) is 4.05. The van der Waals surface area contributed by atoms with E-state index in [9.17, 15) is 43.5 Å². The van der Waals surface area contributed by atoms with Crippen molar-refractivity contribution in [1.82, 2.24) is 26.6 Å². The Balaban J connectivity index is 2.95. The molecule has 0 heterocycles. The first-order valence-corrected chi connectivity index (χ1v) is 14.4. The number of carboxylic acid groups (broad SMARTS) is 3. The van der Waals surface area contributed by atoms with E-state index in [1.807, 2.05) is 5.32 Å². The van der Waals surface area contributed by atoms with Gasteiger partial charge < -0.3 is 47.6 Å². The van der Waals surface area contributed by atoms with E-state index in [0.717, 1.165) is 0 Å². The molecule has 254 valence electrons. The van der Waals surface area contributed by atoms with Crippen molar-refractivity contribution in [3.05, 3.63) is 35.9 Å². The zero-order valence-corrected chi connectivity index (χ0v) is 25.9. The highest BCUT2D eigenvalue weighted by Gasteiger charge is 2.31. The molecule has 0 aliphatic heterocycles. The average molecular weight is 651 g/mol. The van der Waals surface area contributed by atoms with Crippen LogP contribution in [0.25, 0.3) is 0 Å². The Morgan fingerprint density at radius 1 is 0.609 bits per heavy atom. The van der Waals surface area contributed by atoms with Gasteiger partial charge in [0.1, 0.15) is 30.2 Å². The Kier molecular flexibility index (Phi) is 15.8. The summed E-state index contributed by atoms with van der Waals surface area (Å²) in [6.07, 6.45) is -1.53. The summed E-state index contributed by atoms with van der Waals surface area (Å²) in [5.41, 5.74) is 6.12. The van der Waals surface area contributed by atoms with Crippen LogP contribution in [0.5, 0.6) is 0 Å². The first kappa shape index (κ1) is 39.0. The summed E-state index contributed by atoms with van der Waals surface area (Å²) in [6, 6.07) is 0.329. The summed E-state index contributed by atoms with van der Waals surface area (Å²) in [5.74, 6) is -8.79. The second-order valence-electron chi connectivity index (χ2n) is 11.1. The molecule has 0 saturated heterocycles. The Morgan fingerprint density at radius 2 is 1.07 bits per heavy atom. The number of amides is 5. The average Bonchev–Trinajstić information content (AvgIpc) is 2.95. The van der Waals surface area contributed by atoms with Crippen LogP contribution >= 0.6 is 0 Å². The van der Waals surface area contributed by atoms with Gasteiger partial charge in [-0.15, -0.1) is 0 Å². The molecule has 0 spiro atoms. The zero-order chi connectivity index (χ0) is 35.1. The number of nitrogens with two attached hydrogens (primary N) is 1.